The number of benzene rings is 2. The number of nitrogens with one attached hydrogen (secondary N) is 1. The van der Waals surface area contributed by atoms with E-state index in [-0.39, 0.29) is 18.4 Å². The minimum Gasteiger partial charge on any atom is -0.497 e. The maximum absolute atomic E-state index is 12.2. The van der Waals surface area contributed by atoms with Crippen molar-refractivity contribution in [1.29, 1.82) is 0 Å². The van der Waals surface area contributed by atoms with E-state index in [0.29, 0.717) is 11.8 Å². The van der Waals surface area contributed by atoms with Gasteiger partial charge < -0.3 is 29.3 Å². The SMILES string of the molecule is CCCC(C)C.CCCc1ccc(OCCCN(C)CC)c(C)c1C.COc1ccc(OC)c(CC(=O)NC(C)CC(C)N(C)C)c1. The van der Waals surface area contributed by atoms with Crippen LogP contribution in [0.3, 0.4) is 0 Å². The van der Waals surface area contributed by atoms with Gasteiger partial charge in [-0.15, -0.1) is 0 Å². The van der Waals surface area contributed by atoms with E-state index in [2.05, 4.69) is 89.7 Å². The third kappa shape index (κ3) is 19.0. The second kappa shape index (κ2) is 25.3. The lowest BCUT2D eigenvalue weighted by molar-refractivity contribution is -0.121. The molecule has 7 heteroatoms. The summed E-state index contributed by atoms with van der Waals surface area (Å²) in [6, 6.07) is 10.4. The van der Waals surface area contributed by atoms with Crippen molar-refractivity contribution in [2.45, 2.75) is 119 Å². The number of hydrogen-bond acceptors (Lipinski definition) is 6. The normalized spacial score (nSPS) is 12.1. The highest BCUT2D eigenvalue weighted by Gasteiger charge is 2.15. The molecule has 0 fully saturated rings. The van der Waals surface area contributed by atoms with E-state index in [1.165, 1.54) is 36.0 Å². The Hall–Kier alpha value is -2.77. The van der Waals surface area contributed by atoms with E-state index in [9.17, 15) is 4.79 Å². The Bertz CT molecular complexity index is 1120. The molecule has 0 bridgehead atoms. The van der Waals surface area contributed by atoms with Gasteiger partial charge in [0, 0.05) is 24.2 Å². The Labute approximate surface area is 289 Å². The Balaban J connectivity index is 0.000000773. The molecule has 0 radical (unpaired) electrons. The quantitative estimate of drug-likeness (QED) is 0.162. The Kier molecular flexibility index (Phi) is 23.8. The summed E-state index contributed by atoms with van der Waals surface area (Å²) in [6.45, 7) is 22.7. The fourth-order valence-corrected chi connectivity index (χ4v) is 5.10. The molecule has 1 N–H and O–H groups in total. The zero-order chi connectivity index (χ0) is 35.9. The summed E-state index contributed by atoms with van der Waals surface area (Å²) in [5.41, 5.74) is 4.98. The first-order valence-electron chi connectivity index (χ1n) is 17.8. The van der Waals surface area contributed by atoms with Crippen molar-refractivity contribution in [3.05, 3.63) is 52.6 Å². The summed E-state index contributed by atoms with van der Waals surface area (Å²) >= 11 is 0. The molecule has 0 aliphatic heterocycles. The van der Waals surface area contributed by atoms with Crippen LogP contribution in [0.5, 0.6) is 17.2 Å². The van der Waals surface area contributed by atoms with Crippen LogP contribution < -0.4 is 19.5 Å². The number of rotatable bonds is 18. The number of amides is 1. The summed E-state index contributed by atoms with van der Waals surface area (Å²) in [7, 11) is 9.44. The summed E-state index contributed by atoms with van der Waals surface area (Å²) in [4.78, 5) is 16.7. The van der Waals surface area contributed by atoms with Gasteiger partial charge in [0.15, 0.2) is 0 Å². The third-order valence-electron chi connectivity index (χ3n) is 8.54. The molecule has 0 aromatic heterocycles. The lowest BCUT2D eigenvalue weighted by atomic mass is 9.99. The van der Waals surface area contributed by atoms with Crippen LogP contribution in [0.25, 0.3) is 0 Å². The second-order valence-corrected chi connectivity index (χ2v) is 13.4. The molecule has 47 heavy (non-hydrogen) atoms. The van der Waals surface area contributed by atoms with Crippen molar-refractivity contribution in [2.75, 3.05) is 55.1 Å². The maximum Gasteiger partial charge on any atom is 0.224 e. The van der Waals surface area contributed by atoms with Crippen LogP contribution in [0.1, 0.15) is 103 Å². The number of methoxy groups -OCH3 is 2. The van der Waals surface area contributed by atoms with Gasteiger partial charge in [-0.05, 0) is 122 Å². The summed E-state index contributed by atoms with van der Waals surface area (Å²) < 4.78 is 16.4. The molecule has 2 aromatic carbocycles. The maximum atomic E-state index is 12.2. The number of hydrogen-bond donors (Lipinski definition) is 1. The molecular weight excluding hydrogens is 586 g/mol. The van der Waals surface area contributed by atoms with E-state index in [0.717, 1.165) is 61.9 Å². The first-order chi connectivity index (χ1) is 22.2. The molecule has 7 nitrogen and oxygen atoms in total. The Morgan fingerprint density at radius 3 is 2.02 bits per heavy atom. The Morgan fingerprint density at radius 2 is 1.51 bits per heavy atom. The van der Waals surface area contributed by atoms with Gasteiger partial charge in [-0.25, -0.2) is 0 Å². The highest BCUT2D eigenvalue weighted by Crippen LogP contribution is 2.26. The van der Waals surface area contributed by atoms with E-state index in [1.54, 1.807) is 14.2 Å². The van der Waals surface area contributed by atoms with Crippen molar-refractivity contribution in [3.63, 3.8) is 0 Å². The summed E-state index contributed by atoms with van der Waals surface area (Å²) in [5, 5.41) is 3.04. The zero-order valence-electron chi connectivity index (χ0n) is 32.7. The largest absolute Gasteiger partial charge is 0.497 e. The summed E-state index contributed by atoms with van der Waals surface area (Å²) in [5.74, 6) is 3.36. The van der Waals surface area contributed by atoms with Gasteiger partial charge in [-0.3, -0.25) is 4.79 Å². The van der Waals surface area contributed by atoms with Crippen molar-refractivity contribution in [2.24, 2.45) is 5.92 Å². The molecule has 1 amide bonds. The topological polar surface area (TPSA) is 63.3 Å². The molecule has 270 valence electrons. The minimum absolute atomic E-state index is 0.00925. The molecule has 2 unspecified atom stereocenters. The number of aryl methyl sites for hydroxylation is 1. The average molecular weight is 658 g/mol. The van der Waals surface area contributed by atoms with Crippen LogP contribution >= 0.6 is 0 Å². The van der Waals surface area contributed by atoms with Crippen LogP contribution in [0.2, 0.25) is 0 Å². The van der Waals surface area contributed by atoms with Gasteiger partial charge >= 0.3 is 0 Å². The Morgan fingerprint density at radius 1 is 0.851 bits per heavy atom. The molecule has 0 spiro atoms. The first-order valence-corrected chi connectivity index (χ1v) is 17.8. The second-order valence-electron chi connectivity index (χ2n) is 13.4. The monoisotopic (exact) mass is 658 g/mol. The molecule has 0 aliphatic rings. The fraction of sp³-hybridized carbons (Fsp3) is 0.675. The predicted molar refractivity (Wildman–Crippen MR) is 202 cm³/mol. The number of ether oxygens (including phenoxy) is 3. The lowest BCUT2D eigenvalue weighted by Gasteiger charge is -2.24. The smallest absolute Gasteiger partial charge is 0.224 e. The average Bonchev–Trinajstić information content (AvgIpc) is 3.02. The van der Waals surface area contributed by atoms with Crippen LogP contribution in [-0.4, -0.2) is 82.8 Å². The van der Waals surface area contributed by atoms with Crippen LogP contribution in [0.15, 0.2) is 30.3 Å². The van der Waals surface area contributed by atoms with E-state index in [4.69, 9.17) is 14.2 Å². The van der Waals surface area contributed by atoms with Crippen LogP contribution in [0, 0.1) is 19.8 Å². The van der Waals surface area contributed by atoms with Crippen LogP contribution in [-0.2, 0) is 17.6 Å². The van der Waals surface area contributed by atoms with Gasteiger partial charge in [0.05, 0.1) is 27.2 Å². The molecule has 2 rings (SSSR count). The lowest BCUT2D eigenvalue weighted by Crippen LogP contribution is -2.38. The third-order valence-corrected chi connectivity index (χ3v) is 8.54. The highest BCUT2D eigenvalue weighted by molar-refractivity contribution is 5.79. The number of carbonyl (C=O) groups is 1. The standard InChI is InChI=1S/C17H28N2O3.C17H29NO.C6H14/c1-12(9-13(2)19(3)4)18-17(20)11-14-10-15(21-5)7-8-16(14)22-6;1-6-9-16-10-11-17(15(4)14(16)3)19-13-8-12-18(5)7-2;1-4-5-6(2)3/h7-8,10,12-13H,9,11H2,1-6H3,(H,18,20);10-11H,6-9,12-13H2,1-5H3;6H,4-5H2,1-3H3. The van der Waals surface area contributed by atoms with E-state index in [1.807, 2.05) is 39.2 Å². The van der Waals surface area contributed by atoms with Gasteiger partial charge in [-0.1, -0.05) is 59.9 Å². The van der Waals surface area contributed by atoms with Crippen molar-refractivity contribution in [1.82, 2.24) is 15.1 Å². The van der Waals surface area contributed by atoms with E-state index >= 15 is 0 Å². The van der Waals surface area contributed by atoms with Crippen molar-refractivity contribution < 1.29 is 19.0 Å². The molecule has 0 saturated heterocycles. The van der Waals surface area contributed by atoms with E-state index < -0.39 is 0 Å². The predicted octanol–water partition coefficient (Wildman–Crippen LogP) is 8.51. The molecule has 0 saturated carbocycles. The van der Waals surface area contributed by atoms with Crippen LogP contribution in [0.4, 0.5) is 0 Å². The number of nitrogens with zero attached hydrogens (tertiary/aromatic N) is 2. The van der Waals surface area contributed by atoms with Gasteiger partial charge in [0.25, 0.3) is 0 Å². The van der Waals surface area contributed by atoms with Gasteiger partial charge in [-0.2, -0.15) is 0 Å². The fourth-order valence-electron chi connectivity index (χ4n) is 5.10. The molecule has 0 aliphatic carbocycles. The minimum atomic E-state index is -0.00925. The molecular formula is C40H71N3O4. The van der Waals surface area contributed by atoms with Gasteiger partial charge in [0.1, 0.15) is 17.2 Å². The first kappa shape index (κ1) is 44.2. The molecule has 2 aromatic rings. The highest BCUT2D eigenvalue weighted by atomic mass is 16.5. The summed E-state index contributed by atoms with van der Waals surface area (Å²) in [6.07, 6.45) is 7.34. The number of carbonyl (C=O) groups excluding carboxylic acids is 1. The van der Waals surface area contributed by atoms with Gasteiger partial charge in [0.2, 0.25) is 5.91 Å². The van der Waals surface area contributed by atoms with Crippen molar-refractivity contribution in [3.8, 4) is 17.2 Å². The molecule has 2 atom stereocenters. The zero-order valence-corrected chi connectivity index (χ0v) is 32.7. The van der Waals surface area contributed by atoms with Crippen molar-refractivity contribution >= 4 is 5.91 Å². The molecule has 0 heterocycles.